The van der Waals surface area contributed by atoms with E-state index in [-0.39, 0.29) is 12.5 Å². The molecule has 2 heterocycles. The normalized spacial score (nSPS) is 14.1. The number of hydrogen-bond donors (Lipinski definition) is 1. The maximum atomic E-state index is 12.2. The smallest absolute Gasteiger partial charge is 0.246 e. The van der Waals surface area contributed by atoms with Crippen LogP contribution < -0.4 is 5.32 Å². The number of fused-ring (bicyclic) bond motifs is 5. The minimum Gasteiger partial charge on any atom is -0.452 e. The number of rotatable bonds is 1. The summed E-state index contributed by atoms with van der Waals surface area (Å²) in [5.41, 5.74) is 3.09. The zero-order valence-corrected chi connectivity index (χ0v) is 13.3. The molecule has 1 aliphatic rings. The molecule has 0 bridgehead atoms. The molecule has 1 aromatic heterocycles. The Morgan fingerprint density at radius 1 is 0.920 bits per heavy atom. The number of anilines is 1. The zero-order chi connectivity index (χ0) is 16.8. The van der Waals surface area contributed by atoms with E-state index in [1.807, 2.05) is 60.7 Å². The number of furan rings is 1. The number of benzene rings is 3. The van der Waals surface area contributed by atoms with Crippen molar-refractivity contribution >= 4 is 39.0 Å². The van der Waals surface area contributed by atoms with Crippen LogP contribution in [0, 0.1) is 0 Å². The predicted molar refractivity (Wildman–Crippen MR) is 99.3 cm³/mol. The van der Waals surface area contributed by atoms with E-state index < -0.39 is 0 Å². The summed E-state index contributed by atoms with van der Waals surface area (Å²) in [5, 5.41) is 6.08. The molecule has 0 spiro atoms. The Balaban J connectivity index is 1.87. The molecule has 0 unspecified atom stereocenters. The molecule has 1 N–H and O–H groups in total. The van der Waals surface area contributed by atoms with Gasteiger partial charge in [0.25, 0.3) is 0 Å². The van der Waals surface area contributed by atoms with Gasteiger partial charge in [0, 0.05) is 5.56 Å². The number of carbonyl (C=O) groups is 1. The average Bonchev–Trinajstić information content (AvgIpc) is 2.93. The van der Waals surface area contributed by atoms with Crippen molar-refractivity contribution in [3.63, 3.8) is 0 Å². The van der Waals surface area contributed by atoms with Crippen LogP contribution in [0.5, 0.6) is 0 Å². The van der Waals surface area contributed by atoms with Crippen LogP contribution in [0.25, 0.3) is 21.7 Å². The van der Waals surface area contributed by atoms with Gasteiger partial charge in [0.2, 0.25) is 5.91 Å². The second kappa shape index (κ2) is 5.31. The van der Waals surface area contributed by atoms with Gasteiger partial charge in [-0.15, -0.1) is 0 Å². The molecule has 0 saturated carbocycles. The molecule has 0 aliphatic carbocycles. The Labute approximate surface area is 143 Å². The number of nitrogens with zero attached hydrogens (tertiary/aromatic N) is 1. The minimum atomic E-state index is -0.136. The molecule has 0 atom stereocenters. The molecule has 4 nitrogen and oxygen atoms in total. The molecule has 5 rings (SSSR count). The lowest BCUT2D eigenvalue weighted by Gasteiger charge is -2.04. The highest BCUT2D eigenvalue weighted by Crippen LogP contribution is 2.38. The van der Waals surface area contributed by atoms with Crippen molar-refractivity contribution in [2.24, 2.45) is 4.99 Å². The molecule has 4 heteroatoms. The second-order valence-electron chi connectivity index (χ2n) is 6.05. The molecule has 1 amide bonds. The number of amides is 1. The van der Waals surface area contributed by atoms with Crippen molar-refractivity contribution in [1.82, 2.24) is 0 Å². The van der Waals surface area contributed by atoms with Crippen molar-refractivity contribution < 1.29 is 9.21 Å². The second-order valence-corrected chi connectivity index (χ2v) is 6.05. The topological polar surface area (TPSA) is 54.6 Å². The van der Waals surface area contributed by atoms with E-state index in [0.29, 0.717) is 17.2 Å². The summed E-state index contributed by atoms with van der Waals surface area (Å²) in [6.07, 6.45) is 0. The predicted octanol–water partition coefficient (Wildman–Crippen LogP) is 4.38. The van der Waals surface area contributed by atoms with Gasteiger partial charge in [-0.05, 0) is 16.8 Å². The highest BCUT2D eigenvalue weighted by Gasteiger charge is 2.25. The Hall–Kier alpha value is -3.40. The SMILES string of the molecule is O=C1CN=C(c2ccccc2)c2oc3ccc4ccccc4c3c2N1. The van der Waals surface area contributed by atoms with Gasteiger partial charge in [-0.3, -0.25) is 9.79 Å². The van der Waals surface area contributed by atoms with Gasteiger partial charge in [-0.25, -0.2) is 0 Å². The number of nitrogens with one attached hydrogen (secondary N) is 1. The molecule has 4 aromatic rings. The minimum absolute atomic E-state index is 0.0840. The number of aliphatic imine (C=N–C) groups is 1. The molecule has 25 heavy (non-hydrogen) atoms. The third kappa shape index (κ3) is 2.15. The third-order valence-electron chi connectivity index (χ3n) is 4.49. The van der Waals surface area contributed by atoms with E-state index in [4.69, 9.17) is 4.42 Å². The fourth-order valence-electron chi connectivity index (χ4n) is 3.38. The van der Waals surface area contributed by atoms with Crippen LogP contribution in [0.3, 0.4) is 0 Å². The van der Waals surface area contributed by atoms with Crippen LogP contribution in [-0.4, -0.2) is 18.2 Å². The van der Waals surface area contributed by atoms with E-state index in [0.717, 1.165) is 27.3 Å². The van der Waals surface area contributed by atoms with Gasteiger partial charge in [0.05, 0.1) is 11.1 Å². The van der Waals surface area contributed by atoms with Crippen molar-refractivity contribution in [3.05, 3.63) is 78.1 Å². The van der Waals surface area contributed by atoms with E-state index in [1.165, 1.54) is 0 Å². The summed E-state index contributed by atoms with van der Waals surface area (Å²) in [7, 11) is 0. The number of hydrogen-bond acceptors (Lipinski definition) is 3. The van der Waals surface area contributed by atoms with Crippen molar-refractivity contribution in [2.75, 3.05) is 11.9 Å². The molecular formula is C21H14N2O2. The van der Waals surface area contributed by atoms with Crippen LogP contribution in [-0.2, 0) is 4.79 Å². The lowest BCUT2D eigenvalue weighted by atomic mass is 10.0. The molecule has 0 saturated heterocycles. The summed E-state index contributed by atoms with van der Waals surface area (Å²) in [6, 6.07) is 21.9. The zero-order valence-electron chi connectivity index (χ0n) is 13.3. The molecule has 0 fully saturated rings. The molecule has 120 valence electrons. The fourth-order valence-corrected chi connectivity index (χ4v) is 3.38. The molecular weight excluding hydrogens is 312 g/mol. The van der Waals surface area contributed by atoms with Crippen molar-refractivity contribution in [3.8, 4) is 0 Å². The Kier molecular flexibility index (Phi) is 2.97. The van der Waals surface area contributed by atoms with E-state index >= 15 is 0 Å². The van der Waals surface area contributed by atoms with Crippen LogP contribution >= 0.6 is 0 Å². The molecule has 3 aromatic carbocycles. The highest BCUT2D eigenvalue weighted by molar-refractivity contribution is 6.25. The third-order valence-corrected chi connectivity index (χ3v) is 4.49. The maximum absolute atomic E-state index is 12.2. The summed E-state index contributed by atoms with van der Waals surface area (Å²) in [6.45, 7) is 0.0840. The van der Waals surface area contributed by atoms with Gasteiger partial charge in [-0.2, -0.15) is 0 Å². The average molecular weight is 326 g/mol. The maximum Gasteiger partial charge on any atom is 0.246 e. The lowest BCUT2D eigenvalue weighted by molar-refractivity contribution is -0.114. The standard InChI is InChI=1S/C21H14N2O2/c24-17-12-22-19(14-7-2-1-3-8-14)21-20(23-17)18-15-9-5-4-6-13(15)10-11-16(18)25-21/h1-11H,12H2,(H,23,24). The van der Waals surface area contributed by atoms with E-state index in [2.05, 4.69) is 16.4 Å². The van der Waals surface area contributed by atoms with Gasteiger partial charge in [0.1, 0.15) is 17.8 Å². The first-order valence-corrected chi connectivity index (χ1v) is 8.15. The Bertz CT molecular complexity index is 1160. The first-order valence-electron chi connectivity index (χ1n) is 8.15. The number of carbonyl (C=O) groups excluding carboxylic acids is 1. The highest BCUT2D eigenvalue weighted by atomic mass is 16.3. The first-order chi connectivity index (χ1) is 12.3. The van der Waals surface area contributed by atoms with Gasteiger partial charge in [-0.1, -0.05) is 60.7 Å². The van der Waals surface area contributed by atoms with Gasteiger partial charge >= 0.3 is 0 Å². The van der Waals surface area contributed by atoms with Crippen LogP contribution in [0.2, 0.25) is 0 Å². The Morgan fingerprint density at radius 3 is 2.60 bits per heavy atom. The van der Waals surface area contributed by atoms with E-state index in [1.54, 1.807) is 0 Å². The monoisotopic (exact) mass is 326 g/mol. The van der Waals surface area contributed by atoms with Crippen LogP contribution in [0.1, 0.15) is 11.3 Å². The first kappa shape index (κ1) is 14.0. The van der Waals surface area contributed by atoms with Crippen molar-refractivity contribution in [2.45, 2.75) is 0 Å². The summed E-state index contributed by atoms with van der Waals surface area (Å²) < 4.78 is 6.15. The fraction of sp³-hybridized carbons (Fsp3) is 0.0476. The lowest BCUT2D eigenvalue weighted by Crippen LogP contribution is -2.13. The summed E-state index contributed by atoms with van der Waals surface area (Å²) in [4.78, 5) is 16.7. The molecule has 0 radical (unpaired) electrons. The van der Waals surface area contributed by atoms with E-state index in [9.17, 15) is 4.79 Å². The largest absolute Gasteiger partial charge is 0.452 e. The Morgan fingerprint density at radius 2 is 1.72 bits per heavy atom. The van der Waals surface area contributed by atoms with Crippen molar-refractivity contribution in [1.29, 1.82) is 0 Å². The molecule has 1 aliphatic heterocycles. The van der Waals surface area contributed by atoms with Gasteiger partial charge in [0.15, 0.2) is 5.76 Å². The summed E-state index contributed by atoms with van der Waals surface area (Å²) in [5.74, 6) is 0.478. The summed E-state index contributed by atoms with van der Waals surface area (Å²) >= 11 is 0. The van der Waals surface area contributed by atoms with Gasteiger partial charge < -0.3 is 9.73 Å². The van der Waals surface area contributed by atoms with Crippen LogP contribution in [0.15, 0.2) is 76.1 Å². The quantitative estimate of drug-likeness (QED) is 0.564. The van der Waals surface area contributed by atoms with Crippen LogP contribution in [0.4, 0.5) is 5.69 Å².